The van der Waals surface area contributed by atoms with Crippen LogP contribution in [0.3, 0.4) is 0 Å². The van der Waals surface area contributed by atoms with Crippen LogP contribution in [0.1, 0.15) is 0 Å². The molecule has 0 saturated heterocycles. The van der Waals surface area contributed by atoms with Crippen molar-refractivity contribution in [3.8, 4) is 67.3 Å². The molecule has 0 saturated carbocycles. The molecule has 0 N–H and O–H groups in total. The van der Waals surface area contributed by atoms with E-state index in [-0.39, 0.29) is 0 Å². The Morgan fingerprint density at radius 3 is 1.71 bits per heavy atom. The first-order chi connectivity index (χ1) is 27.2. The molecule has 0 bridgehead atoms. The minimum atomic E-state index is 0.523. The first-order valence-corrected chi connectivity index (χ1v) is 18.7. The molecule has 0 unspecified atom stereocenters. The lowest BCUT2D eigenvalue weighted by Crippen LogP contribution is -2.00. The highest BCUT2D eigenvalue weighted by Crippen LogP contribution is 2.42. The minimum absolute atomic E-state index is 0.523. The van der Waals surface area contributed by atoms with Crippen LogP contribution in [0.25, 0.3) is 111 Å². The third kappa shape index (κ3) is 5.47. The lowest BCUT2D eigenvalue weighted by atomic mass is 10.00. The predicted molar refractivity (Wildman–Crippen MR) is 220 cm³/mol. The molecule has 0 radical (unpaired) electrons. The maximum atomic E-state index is 6.75. The van der Waals surface area contributed by atoms with Gasteiger partial charge in [0, 0.05) is 38.6 Å². The third-order valence-corrected chi connectivity index (χ3v) is 10.9. The van der Waals surface area contributed by atoms with Gasteiger partial charge in [-0.2, -0.15) is 0 Å². The van der Waals surface area contributed by atoms with Crippen LogP contribution in [0.5, 0.6) is 0 Å². The summed E-state index contributed by atoms with van der Waals surface area (Å²) < 4.78 is 14.3. The van der Waals surface area contributed by atoms with E-state index in [1.807, 2.05) is 109 Å². The van der Waals surface area contributed by atoms with E-state index in [9.17, 15) is 0 Å². The first kappa shape index (κ1) is 31.3. The minimum Gasteiger partial charge on any atom is -0.455 e. The molecule has 4 heterocycles. The first-order valence-electron chi connectivity index (χ1n) is 17.9. The number of thiazole rings is 1. The van der Waals surface area contributed by atoms with Crippen LogP contribution in [-0.2, 0) is 0 Å². The number of para-hydroxylation sites is 3. The molecular formula is C47H27N5O2S. The molecule has 258 valence electrons. The molecule has 11 rings (SSSR count). The summed E-state index contributed by atoms with van der Waals surface area (Å²) in [7, 11) is 0. The van der Waals surface area contributed by atoms with Gasteiger partial charge in [-0.3, -0.25) is 0 Å². The fourth-order valence-corrected chi connectivity index (χ4v) is 8.14. The van der Waals surface area contributed by atoms with Gasteiger partial charge in [0.25, 0.3) is 0 Å². The second kappa shape index (κ2) is 12.7. The number of furan rings is 1. The Labute approximate surface area is 318 Å². The Balaban J connectivity index is 0.975. The summed E-state index contributed by atoms with van der Waals surface area (Å²) in [6.45, 7) is 0. The van der Waals surface area contributed by atoms with Crippen LogP contribution in [0.15, 0.2) is 173 Å². The standard InChI is InChI=1S/C47H27N5O2S/c1-3-12-28(13-4-1)43-50-44(29-14-5-2-6-15-29)52-45(51-43)31-24-25-39-38(27-31)48-46(53-39)32-17-9-16-30(26-32)33-18-10-19-34-35-20-11-21-36(42(35)54-41(33)34)47-49-37-22-7-8-23-40(37)55-47/h1-27H. The zero-order valence-electron chi connectivity index (χ0n) is 29.0. The topological polar surface area (TPSA) is 90.7 Å². The van der Waals surface area contributed by atoms with E-state index in [0.29, 0.717) is 34.5 Å². The number of rotatable bonds is 6. The highest BCUT2D eigenvalue weighted by molar-refractivity contribution is 7.21. The molecule has 0 atom stereocenters. The molecule has 11 aromatic rings. The normalized spacial score (nSPS) is 11.6. The Kier molecular flexibility index (Phi) is 7.21. The Bertz CT molecular complexity index is 3130. The van der Waals surface area contributed by atoms with Gasteiger partial charge < -0.3 is 8.83 Å². The summed E-state index contributed by atoms with van der Waals surface area (Å²) in [5, 5.41) is 3.06. The van der Waals surface area contributed by atoms with Crippen molar-refractivity contribution in [3.63, 3.8) is 0 Å². The molecule has 7 nitrogen and oxygen atoms in total. The number of benzene rings is 7. The van der Waals surface area contributed by atoms with Gasteiger partial charge in [0.1, 0.15) is 21.7 Å². The summed E-state index contributed by atoms with van der Waals surface area (Å²) >= 11 is 1.68. The molecule has 0 aliphatic carbocycles. The maximum Gasteiger partial charge on any atom is 0.227 e. The van der Waals surface area contributed by atoms with Gasteiger partial charge >= 0.3 is 0 Å². The molecule has 0 amide bonds. The average molecular weight is 726 g/mol. The maximum absolute atomic E-state index is 6.75. The van der Waals surface area contributed by atoms with E-state index >= 15 is 0 Å². The fraction of sp³-hybridized carbons (Fsp3) is 0. The molecule has 0 aliphatic rings. The van der Waals surface area contributed by atoms with Gasteiger partial charge in [-0.25, -0.2) is 24.9 Å². The summed E-state index contributed by atoms with van der Waals surface area (Å²) in [6.07, 6.45) is 0. The van der Waals surface area contributed by atoms with Crippen molar-refractivity contribution in [2.45, 2.75) is 0 Å². The smallest absolute Gasteiger partial charge is 0.227 e. The van der Waals surface area contributed by atoms with Crippen LogP contribution in [0.4, 0.5) is 0 Å². The predicted octanol–water partition coefficient (Wildman–Crippen LogP) is 12.5. The molecule has 8 heteroatoms. The number of fused-ring (bicyclic) bond motifs is 5. The Morgan fingerprint density at radius 2 is 0.982 bits per heavy atom. The van der Waals surface area contributed by atoms with Crippen molar-refractivity contribution in [2.75, 3.05) is 0 Å². The zero-order valence-corrected chi connectivity index (χ0v) is 29.9. The van der Waals surface area contributed by atoms with E-state index in [1.165, 1.54) is 0 Å². The van der Waals surface area contributed by atoms with Gasteiger partial charge in [-0.05, 0) is 54.1 Å². The monoisotopic (exact) mass is 725 g/mol. The van der Waals surface area contributed by atoms with Crippen molar-refractivity contribution >= 4 is 54.6 Å². The summed E-state index contributed by atoms with van der Waals surface area (Å²) in [6, 6.07) is 54.8. The fourth-order valence-electron chi connectivity index (χ4n) is 7.15. The molecule has 0 aliphatic heterocycles. The van der Waals surface area contributed by atoms with Crippen LogP contribution in [0, 0.1) is 0 Å². The average Bonchev–Trinajstić information content (AvgIpc) is 3.99. The molecule has 55 heavy (non-hydrogen) atoms. The Morgan fingerprint density at radius 1 is 0.382 bits per heavy atom. The summed E-state index contributed by atoms with van der Waals surface area (Å²) in [4.78, 5) is 24.5. The second-order valence-corrected chi connectivity index (χ2v) is 14.3. The molecule has 7 aromatic carbocycles. The van der Waals surface area contributed by atoms with Crippen molar-refractivity contribution in [1.82, 2.24) is 24.9 Å². The summed E-state index contributed by atoms with van der Waals surface area (Å²) in [5.41, 5.74) is 10.5. The van der Waals surface area contributed by atoms with E-state index in [2.05, 4.69) is 54.6 Å². The second-order valence-electron chi connectivity index (χ2n) is 13.3. The van der Waals surface area contributed by atoms with Crippen LogP contribution >= 0.6 is 11.3 Å². The third-order valence-electron chi connectivity index (χ3n) is 9.81. The van der Waals surface area contributed by atoms with E-state index < -0.39 is 0 Å². The van der Waals surface area contributed by atoms with Crippen molar-refractivity contribution in [3.05, 3.63) is 164 Å². The lowest BCUT2D eigenvalue weighted by Gasteiger charge is -2.08. The van der Waals surface area contributed by atoms with Crippen LogP contribution < -0.4 is 0 Å². The number of aromatic nitrogens is 5. The number of hydrogen-bond donors (Lipinski definition) is 0. The molecule has 0 fully saturated rings. The molecular weight excluding hydrogens is 699 g/mol. The van der Waals surface area contributed by atoms with E-state index in [1.54, 1.807) is 11.3 Å². The van der Waals surface area contributed by atoms with Crippen molar-refractivity contribution in [1.29, 1.82) is 0 Å². The molecule has 4 aromatic heterocycles. The van der Waals surface area contributed by atoms with Gasteiger partial charge in [-0.15, -0.1) is 11.3 Å². The zero-order chi connectivity index (χ0) is 36.3. The quantitative estimate of drug-likeness (QED) is 0.168. The van der Waals surface area contributed by atoms with Crippen LogP contribution in [-0.4, -0.2) is 24.9 Å². The Hall–Kier alpha value is -7.29. The largest absolute Gasteiger partial charge is 0.455 e. The number of oxazole rings is 1. The van der Waals surface area contributed by atoms with Gasteiger partial charge in [-0.1, -0.05) is 115 Å². The van der Waals surface area contributed by atoms with Crippen LogP contribution in [0.2, 0.25) is 0 Å². The van der Waals surface area contributed by atoms with E-state index in [4.69, 9.17) is 33.8 Å². The molecule has 0 spiro atoms. The van der Waals surface area contributed by atoms with Gasteiger partial charge in [0.2, 0.25) is 5.89 Å². The van der Waals surface area contributed by atoms with Crippen molar-refractivity contribution < 1.29 is 8.83 Å². The summed E-state index contributed by atoms with van der Waals surface area (Å²) in [5.74, 6) is 2.30. The number of nitrogens with zero attached hydrogens (tertiary/aromatic N) is 5. The highest BCUT2D eigenvalue weighted by Gasteiger charge is 2.19. The lowest BCUT2D eigenvalue weighted by molar-refractivity contribution is 0.620. The SMILES string of the molecule is c1ccc(-c2nc(-c3ccccc3)nc(-c3ccc4oc(-c5cccc(-c6cccc7c6oc6c(-c8nc9ccccc9s8)cccc67)c5)nc4c3)n2)cc1. The highest BCUT2D eigenvalue weighted by atomic mass is 32.1. The van der Waals surface area contributed by atoms with E-state index in [0.717, 1.165) is 76.1 Å². The van der Waals surface area contributed by atoms with Crippen molar-refractivity contribution in [2.24, 2.45) is 0 Å². The van der Waals surface area contributed by atoms with Gasteiger partial charge in [0.05, 0.1) is 15.8 Å². The number of hydrogen-bond acceptors (Lipinski definition) is 8. The van der Waals surface area contributed by atoms with Gasteiger partial charge in [0.15, 0.2) is 23.1 Å².